The maximum atomic E-state index is 12.4. The van der Waals surface area contributed by atoms with Crippen molar-refractivity contribution in [3.63, 3.8) is 0 Å². The number of hydrogen-bond acceptors (Lipinski definition) is 4. The zero-order chi connectivity index (χ0) is 15.2. The molecule has 2 rings (SSSR count). The largest absolute Gasteiger partial charge is 0.534 e. The van der Waals surface area contributed by atoms with Crippen LogP contribution in [0, 0.1) is 11.3 Å². The molecule has 0 aliphatic heterocycles. The molecule has 0 aromatic carbocycles. The maximum Gasteiger partial charge on any atom is 0.534 e. The number of hydrogen-bond donors (Lipinski definition) is 0. The molecule has 2 aliphatic carbocycles. The number of rotatable bonds is 2. The van der Waals surface area contributed by atoms with Gasteiger partial charge in [0.05, 0.1) is 5.41 Å². The van der Waals surface area contributed by atoms with Gasteiger partial charge in [-0.2, -0.15) is 21.6 Å². The van der Waals surface area contributed by atoms with Crippen LogP contribution in [0.1, 0.15) is 39.0 Å². The number of carbonyl (C=O) groups excluding carboxylic acids is 1. The molecule has 4 nitrogen and oxygen atoms in total. The van der Waals surface area contributed by atoms with Crippen molar-refractivity contribution in [1.82, 2.24) is 0 Å². The van der Waals surface area contributed by atoms with E-state index in [0.717, 1.165) is 0 Å². The zero-order valence-corrected chi connectivity index (χ0v) is 11.7. The van der Waals surface area contributed by atoms with Gasteiger partial charge in [-0.25, -0.2) is 0 Å². The van der Waals surface area contributed by atoms with Crippen LogP contribution in [0.4, 0.5) is 13.2 Å². The molecular formula is C12H15F3O4S. The highest BCUT2D eigenvalue weighted by molar-refractivity contribution is 7.87. The molecule has 1 spiro atoms. The summed E-state index contributed by atoms with van der Waals surface area (Å²) in [7, 11) is -5.73. The summed E-state index contributed by atoms with van der Waals surface area (Å²) in [5, 5.41) is 0. The summed E-state index contributed by atoms with van der Waals surface area (Å²) in [5.74, 6) is -0.787. The number of alkyl halides is 3. The predicted molar refractivity (Wildman–Crippen MR) is 63.8 cm³/mol. The summed E-state index contributed by atoms with van der Waals surface area (Å²) in [6, 6.07) is 0. The van der Waals surface area contributed by atoms with Gasteiger partial charge < -0.3 is 4.18 Å². The van der Waals surface area contributed by atoms with E-state index in [1.807, 2.05) is 0 Å². The summed E-state index contributed by atoms with van der Waals surface area (Å²) < 4.78 is 64.0. The fourth-order valence-corrected chi connectivity index (χ4v) is 3.63. The molecule has 2 atom stereocenters. The van der Waals surface area contributed by atoms with Gasteiger partial charge in [-0.05, 0) is 37.7 Å². The Balaban J connectivity index is 2.40. The van der Waals surface area contributed by atoms with E-state index in [4.69, 9.17) is 0 Å². The molecule has 0 aromatic rings. The standard InChI is InChI=1S/C12H15F3O4S/c1-8-4-2-6-10(11(8)7-3-5-9(11)16)19-20(17,18)12(13,14)15/h6,8H,2-5,7H2,1H3/t8-,11+/m1/s1. The second-order valence-corrected chi connectivity index (χ2v) is 6.82. The summed E-state index contributed by atoms with van der Waals surface area (Å²) >= 11 is 0. The van der Waals surface area contributed by atoms with Crippen molar-refractivity contribution in [2.75, 3.05) is 0 Å². The molecule has 114 valence electrons. The lowest BCUT2D eigenvalue weighted by Crippen LogP contribution is -2.40. The number of halogens is 3. The Bertz CT molecular complexity index is 550. The lowest BCUT2D eigenvalue weighted by atomic mass is 9.68. The number of ketones is 1. The van der Waals surface area contributed by atoms with Crippen LogP contribution in [0.5, 0.6) is 0 Å². The Morgan fingerprint density at radius 3 is 2.55 bits per heavy atom. The van der Waals surface area contributed by atoms with Crippen LogP contribution >= 0.6 is 0 Å². The molecule has 0 amide bonds. The van der Waals surface area contributed by atoms with E-state index in [2.05, 4.69) is 4.18 Å². The van der Waals surface area contributed by atoms with Gasteiger partial charge in [0.15, 0.2) is 0 Å². The first-order chi connectivity index (χ1) is 9.11. The maximum absolute atomic E-state index is 12.4. The predicted octanol–water partition coefficient (Wildman–Crippen LogP) is 2.91. The van der Waals surface area contributed by atoms with E-state index in [1.54, 1.807) is 6.92 Å². The Morgan fingerprint density at radius 1 is 1.40 bits per heavy atom. The van der Waals surface area contributed by atoms with Gasteiger partial charge in [-0.15, -0.1) is 0 Å². The molecule has 0 aromatic heterocycles. The highest BCUT2D eigenvalue weighted by Gasteiger charge is 2.56. The highest BCUT2D eigenvalue weighted by Crippen LogP contribution is 2.52. The van der Waals surface area contributed by atoms with Crippen molar-refractivity contribution in [1.29, 1.82) is 0 Å². The number of carbonyl (C=O) groups is 1. The van der Waals surface area contributed by atoms with Crippen LogP contribution in [0.2, 0.25) is 0 Å². The number of Topliss-reactive ketones (excluding diaryl/α,β-unsaturated/α-hetero) is 1. The third-order valence-corrected chi connectivity index (χ3v) is 5.13. The SMILES string of the molecule is C[C@@H]1CCC=C(OS(=O)(=O)C(F)(F)F)[C@@]12CCCC2=O. The van der Waals surface area contributed by atoms with Crippen LogP contribution < -0.4 is 0 Å². The van der Waals surface area contributed by atoms with Gasteiger partial charge in [-0.1, -0.05) is 6.92 Å². The van der Waals surface area contributed by atoms with Crippen molar-refractivity contribution in [3.8, 4) is 0 Å². The Hall–Kier alpha value is -1.05. The van der Waals surface area contributed by atoms with E-state index < -0.39 is 21.0 Å². The first-order valence-electron chi connectivity index (χ1n) is 6.36. The molecule has 0 saturated heterocycles. The molecule has 20 heavy (non-hydrogen) atoms. The lowest BCUT2D eigenvalue weighted by Gasteiger charge is -2.38. The third-order valence-electron chi connectivity index (χ3n) is 4.17. The molecule has 2 aliphatic rings. The quantitative estimate of drug-likeness (QED) is 0.581. The van der Waals surface area contributed by atoms with E-state index in [1.165, 1.54) is 6.08 Å². The average molecular weight is 312 g/mol. The van der Waals surface area contributed by atoms with Crippen molar-refractivity contribution < 1.29 is 30.6 Å². The van der Waals surface area contributed by atoms with Crippen LogP contribution in [0.15, 0.2) is 11.8 Å². The third kappa shape index (κ3) is 2.23. The van der Waals surface area contributed by atoms with Gasteiger partial charge in [0.25, 0.3) is 0 Å². The van der Waals surface area contributed by atoms with Gasteiger partial charge in [0.1, 0.15) is 11.5 Å². The van der Waals surface area contributed by atoms with E-state index in [0.29, 0.717) is 25.7 Å². The number of allylic oxidation sites excluding steroid dienone is 2. The van der Waals surface area contributed by atoms with Crippen molar-refractivity contribution in [2.45, 2.75) is 44.5 Å². The first-order valence-corrected chi connectivity index (χ1v) is 7.77. The fourth-order valence-electron chi connectivity index (χ4n) is 3.08. The first kappa shape index (κ1) is 15.3. The second-order valence-electron chi connectivity index (χ2n) is 5.28. The van der Waals surface area contributed by atoms with Crippen LogP contribution in [-0.2, 0) is 19.1 Å². The van der Waals surface area contributed by atoms with Crippen molar-refractivity contribution in [2.24, 2.45) is 11.3 Å². The smallest absolute Gasteiger partial charge is 0.380 e. The second kappa shape index (κ2) is 4.75. The molecule has 0 unspecified atom stereocenters. The molecule has 0 bridgehead atoms. The Labute approximate surface area is 115 Å². The van der Waals surface area contributed by atoms with Crippen LogP contribution in [-0.4, -0.2) is 19.7 Å². The topological polar surface area (TPSA) is 60.4 Å². The molecule has 0 heterocycles. The van der Waals surface area contributed by atoms with Crippen LogP contribution in [0.3, 0.4) is 0 Å². The molecule has 0 N–H and O–H groups in total. The van der Waals surface area contributed by atoms with Gasteiger partial charge in [0.2, 0.25) is 0 Å². The zero-order valence-electron chi connectivity index (χ0n) is 10.9. The van der Waals surface area contributed by atoms with Crippen molar-refractivity contribution >= 4 is 15.9 Å². The van der Waals surface area contributed by atoms with Gasteiger partial charge >= 0.3 is 15.6 Å². The van der Waals surface area contributed by atoms with E-state index in [-0.39, 0.29) is 23.9 Å². The molecule has 0 radical (unpaired) electrons. The minimum atomic E-state index is -5.73. The molecule has 1 saturated carbocycles. The minimum absolute atomic E-state index is 0.221. The highest BCUT2D eigenvalue weighted by atomic mass is 32.2. The van der Waals surface area contributed by atoms with Gasteiger partial charge in [-0.3, -0.25) is 4.79 Å². The van der Waals surface area contributed by atoms with Crippen molar-refractivity contribution in [3.05, 3.63) is 11.8 Å². The fraction of sp³-hybridized carbons (Fsp3) is 0.750. The molecular weight excluding hydrogens is 297 g/mol. The Kier molecular flexibility index (Phi) is 3.64. The normalized spacial score (nSPS) is 31.5. The average Bonchev–Trinajstić information content (AvgIpc) is 2.67. The monoisotopic (exact) mass is 312 g/mol. The Morgan fingerprint density at radius 2 is 2.05 bits per heavy atom. The van der Waals surface area contributed by atoms with E-state index >= 15 is 0 Å². The van der Waals surface area contributed by atoms with Crippen LogP contribution in [0.25, 0.3) is 0 Å². The molecule has 8 heteroatoms. The van der Waals surface area contributed by atoms with E-state index in [9.17, 15) is 26.4 Å². The minimum Gasteiger partial charge on any atom is -0.380 e. The molecule has 1 fully saturated rings. The van der Waals surface area contributed by atoms with Gasteiger partial charge in [0, 0.05) is 6.42 Å². The lowest BCUT2D eigenvalue weighted by molar-refractivity contribution is -0.128. The summed E-state index contributed by atoms with van der Waals surface area (Å²) in [4.78, 5) is 12.1. The summed E-state index contributed by atoms with van der Waals surface area (Å²) in [5.41, 5.74) is -6.69. The summed E-state index contributed by atoms with van der Waals surface area (Å²) in [6.07, 6.45) is 3.47. The summed E-state index contributed by atoms with van der Waals surface area (Å²) in [6.45, 7) is 1.75.